The number of allylic oxidation sites excluding steroid dienone is 2. The van der Waals surface area contributed by atoms with Gasteiger partial charge in [-0.15, -0.1) is 0 Å². The summed E-state index contributed by atoms with van der Waals surface area (Å²) in [5.41, 5.74) is 1.37. The Bertz CT molecular complexity index is 2140. The molecule has 4 aromatic rings. The lowest BCUT2D eigenvalue weighted by Gasteiger charge is -2.51. The van der Waals surface area contributed by atoms with Gasteiger partial charge in [-0.3, -0.25) is 24.1 Å². The number of phenolic OH excluding ortho intramolecular Hbond substituents is 1. The number of benzene rings is 4. The van der Waals surface area contributed by atoms with E-state index in [9.17, 15) is 19.5 Å². The quantitative estimate of drug-likeness (QED) is 0.162. The Morgan fingerprint density at radius 3 is 2.16 bits per heavy atom. The number of imide groups is 2. The van der Waals surface area contributed by atoms with Crippen LogP contribution in [0.4, 0.5) is 11.4 Å². The molecule has 8 nitrogen and oxygen atoms in total. The van der Waals surface area contributed by atoms with Gasteiger partial charge in [0.25, 0.3) is 0 Å². The number of ether oxygens (including phenoxy) is 1. The number of fused-ring (bicyclic) bond motifs is 4. The Morgan fingerprint density at radius 1 is 0.800 bits per heavy atom. The van der Waals surface area contributed by atoms with E-state index in [-0.39, 0.29) is 36.2 Å². The summed E-state index contributed by atoms with van der Waals surface area (Å²) in [4.78, 5) is 61.3. The highest BCUT2D eigenvalue weighted by atomic mass is 79.9. The fraction of sp³-hybridized carbons (Fsp3) is 0.231. The van der Waals surface area contributed by atoms with Crippen LogP contribution >= 0.6 is 43.5 Å². The van der Waals surface area contributed by atoms with Gasteiger partial charge in [0.2, 0.25) is 23.6 Å². The second-order valence-corrected chi connectivity index (χ2v) is 15.1. The highest BCUT2D eigenvalue weighted by molar-refractivity contribution is 9.13. The standard InChI is InChI=1S/C39H29Br2ClN2O6/c1-50-29-19-27(32(40)33(41)34(29)45)31-24-15-16-25-30(37(48)43(35(25)46)22-12-6-3-7-13-22)26(24)18-28-36(47)44(23-14-8-11-21(42)17-23)38(49)39(28,31)20-9-4-2-5-10-20/h2-15,17,19,25-26,28,30-31,45H,16,18H2,1H3. The Balaban J connectivity index is 1.40. The van der Waals surface area contributed by atoms with Gasteiger partial charge in [0.05, 0.1) is 46.1 Å². The molecule has 6 atom stereocenters. The zero-order valence-corrected chi connectivity index (χ0v) is 30.5. The Kier molecular flexibility index (Phi) is 8.04. The summed E-state index contributed by atoms with van der Waals surface area (Å²) in [5.74, 6) is -5.07. The molecule has 11 heteroatoms. The van der Waals surface area contributed by atoms with Crippen LogP contribution in [0.15, 0.2) is 112 Å². The summed E-state index contributed by atoms with van der Waals surface area (Å²) in [6, 6.07) is 26.5. The molecule has 0 spiro atoms. The predicted molar refractivity (Wildman–Crippen MR) is 195 cm³/mol. The van der Waals surface area contributed by atoms with Crippen molar-refractivity contribution in [3.8, 4) is 11.5 Å². The summed E-state index contributed by atoms with van der Waals surface area (Å²) in [7, 11) is 1.44. The zero-order valence-electron chi connectivity index (χ0n) is 26.6. The summed E-state index contributed by atoms with van der Waals surface area (Å²) in [6.45, 7) is 0. The van der Waals surface area contributed by atoms with Gasteiger partial charge in [-0.2, -0.15) is 0 Å². The maximum Gasteiger partial charge on any atom is 0.246 e. The molecule has 1 saturated carbocycles. The van der Waals surface area contributed by atoms with Gasteiger partial charge < -0.3 is 9.84 Å². The van der Waals surface area contributed by atoms with E-state index in [1.54, 1.807) is 54.6 Å². The van der Waals surface area contributed by atoms with Crippen LogP contribution in [0.5, 0.6) is 11.5 Å². The van der Waals surface area contributed by atoms with Gasteiger partial charge in [0.1, 0.15) is 0 Å². The van der Waals surface area contributed by atoms with Crippen molar-refractivity contribution in [3.05, 3.63) is 128 Å². The number of para-hydroxylation sites is 1. The fourth-order valence-electron chi connectivity index (χ4n) is 8.90. The van der Waals surface area contributed by atoms with Crippen molar-refractivity contribution in [1.82, 2.24) is 0 Å². The molecule has 0 aromatic heterocycles. The van der Waals surface area contributed by atoms with Gasteiger partial charge in [-0.05, 0) is 98.1 Å². The lowest BCUT2D eigenvalue weighted by atomic mass is 9.49. The molecule has 4 amide bonds. The SMILES string of the molecule is COc1cc(C2C3=CCC4C(=O)N(c5ccccc5)C(=O)C4C3CC3C(=O)N(c4cccc(Cl)c4)C(=O)C32c2ccccc2)c(Br)c(Br)c1O. The average molecular weight is 817 g/mol. The van der Waals surface area contributed by atoms with E-state index in [1.165, 1.54) is 16.9 Å². The molecular weight excluding hydrogens is 788 g/mol. The average Bonchev–Trinajstić information content (AvgIpc) is 3.52. The van der Waals surface area contributed by atoms with Crippen molar-refractivity contribution in [3.63, 3.8) is 0 Å². The lowest BCUT2D eigenvalue weighted by molar-refractivity contribution is -0.127. The van der Waals surface area contributed by atoms with Crippen LogP contribution in [0.25, 0.3) is 0 Å². The number of hydrogen-bond donors (Lipinski definition) is 1. The predicted octanol–water partition coefficient (Wildman–Crippen LogP) is 7.95. The van der Waals surface area contributed by atoms with Gasteiger partial charge in [0, 0.05) is 15.4 Å². The molecule has 2 saturated heterocycles. The number of hydrogen-bond acceptors (Lipinski definition) is 6. The highest BCUT2D eigenvalue weighted by Gasteiger charge is 2.70. The number of anilines is 2. The molecule has 0 bridgehead atoms. The van der Waals surface area contributed by atoms with Gasteiger partial charge in [-0.1, -0.05) is 77.8 Å². The van der Waals surface area contributed by atoms with Crippen molar-refractivity contribution < 1.29 is 29.0 Å². The van der Waals surface area contributed by atoms with Crippen molar-refractivity contribution in [2.75, 3.05) is 16.9 Å². The van der Waals surface area contributed by atoms with Crippen LogP contribution in [0.2, 0.25) is 5.02 Å². The third-order valence-corrected chi connectivity index (χ3v) is 13.3. The van der Waals surface area contributed by atoms with Crippen LogP contribution in [0.3, 0.4) is 0 Å². The first-order valence-electron chi connectivity index (χ1n) is 16.2. The van der Waals surface area contributed by atoms with Crippen molar-refractivity contribution >= 4 is 78.5 Å². The lowest BCUT2D eigenvalue weighted by Crippen LogP contribution is -2.53. The van der Waals surface area contributed by atoms with Crippen molar-refractivity contribution in [1.29, 1.82) is 0 Å². The monoisotopic (exact) mass is 814 g/mol. The molecule has 8 rings (SSSR count). The number of phenols is 1. The second-order valence-electron chi connectivity index (χ2n) is 13.1. The number of nitrogens with zero attached hydrogens (tertiary/aromatic N) is 2. The molecule has 2 aliphatic carbocycles. The minimum Gasteiger partial charge on any atom is -0.503 e. The second kappa shape index (κ2) is 12.2. The first-order chi connectivity index (χ1) is 24.1. The minimum atomic E-state index is -1.48. The first-order valence-corrected chi connectivity index (χ1v) is 18.1. The maximum absolute atomic E-state index is 15.4. The van der Waals surface area contributed by atoms with E-state index in [1.807, 2.05) is 42.5 Å². The zero-order chi connectivity index (χ0) is 35.1. The summed E-state index contributed by atoms with van der Waals surface area (Å²) in [5, 5.41) is 11.4. The molecule has 2 heterocycles. The van der Waals surface area contributed by atoms with Crippen LogP contribution < -0.4 is 14.5 Å². The molecule has 4 aromatic carbocycles. The normalized spacial score (nSPS) is 27.2. The molecule has 6 unspecified atom stereocenters. The maximum atomic E-state index is 15.4. The van der Waals surface area contributed by atoms with Gasteiger partial charge >= 0.3 is 0 Å². The van der Waals surface area contributed by atoms with Gasteiger partial charge in [-0.25, -0.2) is 4.90 Å². The minimum absolute atomic E-state index is 0.136. The van der Waals surface area contributed by atoms with Crippen LogP contribution in [-0.2, 0) is 24.6 Å². The van der Waals surface area contributed by atoms with Crippen molar-refractivity contribution in [2.45, 2.75) is 24.2 Å². The van der Waals surface area contributed by atoms with E-state index in [2.05, 4.69) is 31.9 Å². The Hall–Kier alpha value is -4.25. The number of amides is 4. The molecule has 0 radical (unpaired) electrons. The summed E-state index contributed by atoms with van der Waals surface area (Å²) < 4.78 is 6.40. The topological polar surface area (TPSA) is 104 Å². The summed E-state index contributed by atoms with van der Waals surface area (Å²) >= 11 is 13.6. The van der Waals surface area contributed by atoms with E-state index >= 15 is 4.79 Å². The number of halogens is 3. The molecule has 3 fully saturated rings. The highest BCUT2D eigenvalue weighted by Crippen LogP contribution is 2.66. The first kappa shape index (κ1) is 32.9. The number of carbonyl (C=O) groups excluding carboxylic acids is 4. The molecule has 252 valence electrons. The Morgan fingerprint density at radius 2 is 1.48 bits per heavy atom. The van der Waals surface area contributed by atoms with E-state index < -0.39 is 46.8 Å². The van der Waals surface area contributed by atoms with E-state index in [0.717, 1.165) is 5.57 Å². The Labute approximate surface area is 309 Å². The molecule has 1 N–H and O–H groups in total. The van der Waals surface area contributed by atoms with Gasteiger partial charge in [0.15, 0.2) is 11.5 Å². The fourth-order valence-corrected chi connectivity index (χ4v) is 10.0. The third kappa shape index (κ3) is 4.54. The van der Waals surface area contributed by atoms with E-state index in [0.29, 0.717) is 36.5 Å². The molecule has 2 aliphatic heterocycles. The number of rotatable bonds is 5. The van der Waals surface area contributed by atoms with Crippen molar-refractivity contribution in [2.24, 2.45) is 23.7 Å². The van der Waals surface area contributed by atoms with E-state index in [4.69, 9.17) is 16.3 Å². The summed E-state index contributed by atoms with van der Waals surface area (Å²) in [6.07, 6.45) is 2.44. The van der Waals surface area contributed by atoms with Crippen LogP contribution in [-0.4, -0.2) is 35.8 Å². The number of carbonyl (C=O) groups is 4. The molecular formula is C39H29Br2ClN2O6. The smallest absolute Gasteiger partial charge is 0.246 e. The number of methoxy groups -OCH3 is 1. The molecule has 50 heavy (non-hydrogen) atoms. The third-order valence-electron chi connectivity index (χ3n) is 10.9. The largest absolute Gasteiger partial charge is 0.503 e. The molecule has 4 aliphatic rings. The van der Waals surface area contributed by atoms with Crippen LogP contribution in [0.1, 0.15) is 29.9 Å². The number of aromatic hydroxyl groups is 1. The van der Waals surface area contributed by atoms with Crippen LogP contribution in [0, 0.1) is 23.7 Å².